The molecule has 0 aliphatic heterocycles. The van der Waals surface area contributed by atoms with Gasteiger partial charge in [0.1, 0.15) is 17.2 Å². The third-order valence-electron chi connectivity index (χ3n) is 2.61. The van der Waals surface area contributed by atoms with Crippen LogP contribution in [0.2, 0.25) is 0 Å². The molecule has 1 atom stereocenters. The van der Waals surface area contributed by atoms with Crippen LogP contribution in [0.25, 0.3) is 11.0 Å². The Kier molecular flexibility index (Phi) is 4.30. The van der Waals surface area contributed by atoms with Crippen molar-refractivity contribution in [1.29, 1.82) is 0 Å². The van der Waals surface area contributed by atoms with Crippen LogP contribution < -0.4 is 5.73 Å². The fourth-order valence-corrected chi connectivity index (χ4v) is 2.76. The second kappa shape index (κ2) is 5.76. The number of rotatable bonds is 5. The predicted molar refractivity (Wildman–Crippen MR) is 75.3 cm³/mol. The number of fused-ring (bicyclic) bond motifs is 1. The van der Waals surface area contributed by atoms with E-state index in [-0.39, 0.29) is 11.9 Å². The summed E-state index contributed by atoms with van der Waals surface area (Å²) in [6, 6.07) is 6.20. The zero-order chi connectivity index (χ0) is 13.1. The van der Waals surface area contributed by atoms with Crippen LogP contribution in [0, 0.1) is 11.7 Å². The fraction of sp³-hybridized carbons (Fsp3) is 0.429. The van der Waals surface area contributed by atoms with Gasteiger partial charge >= 0.3 is 0 Å². The first kappa shape index (κ1) is 13.4. The molecule has 0 spiro atoms. The normalized spacial score (nSPS) is 13.4. The molecule has 1 aromatic carbocycles. The summed E-state index contributed by atoms with van der Waals surface area (Å²) in [5.41, 5.74) is 6.77. The molecule has 0 radical (unpaired) electrons. The van der Waals surface area contributed by atoms with Crippen LogP contribution in [0.4, 0.5) is 4.39 Å². The van der Waals surface area contributed by atoms with Gasteiger partial charge in [-0.15, -0.1) is 0 Å². The van der Waals surface area contributed by atoms with E-state index in [1.54, 1.807) is 6.07 Å². The van der Waals surface area contributed by atoms with Crippen LogP contribution in [0.1, 0.15) is 25.6 Å². The minimum absolute atomic E-state index is 0.135. The number of hydrogen-bond donors (Lipinski definition) is 1. The van der Waals surface area contributed by atoms with Crippen LogP contribution in [-0.4, -0.2) is 11.5 Å². The fourth-order valence-electron chi connectivity index (χ4n) is 1.73. The summed E-state index contributed by atoms with van der Waals surface area (Å²) < 4.78 is 18.7. The highest BCUT2D eigenvalue weighted by molar-refractivity contribution is 7.99. The topological polar surface area (TPSA) is 39.2 Å². The van der Waals surface area contributed by atoms with Crippen LogP contribution in [0.5, 0.6) is 0 Å². The highest BCUT2D eigenvalue weighted by atomic mass is 32.2. The molecular formula is C14H18FNOS. The zero-order valence-corrected chi connectivity index (χ0v) is 11.5. The molecule has 18 heavy (non-hydrogen) atoms. The summed E-state index contributed by atoms with van der Waals surface area (Å²) in [6.07, 6.45) is 0. The van der Waals surface area contributed by atoms with Gasteiger partial charge in [0.2, 0.25) is 0 Å². The Morgan fingerprint density at radius 1 is 1.28 bits per heavy atom. The molecule has 0 aliphatic rings. The van der Waals surface area contributed by atoms with E-state index in [4.69, 9.17) is 10.2 Å². The van der Waals surface area contributed by atoms with Crippen molar-refractivity contribution in [1.82, 2.24) is 0 Å². The number of thioether (sulfide) groups is 1. The largest absolute Gasteiger partial charge is 0.459 e. The highest BCUT2D eigenvalue weighted by Gasteiger charge is 2.12. The van der Waals surface area contributed by atoms with Crippen molar-refractivity contribution < 1.29 is 8.81 Å². The van der Waals surface area contributed by atoms with E-state index in [0.717, 1.165) is 22.7 Å². The minimum Gasteiger partial charge on any atom is -0.459 e. The maximum absolute atomic E-state index is 13.1. The smallest absolute Gasteiger partial charge is 0.134 e. The van der Waals surface area contributed by atoms with E-state index < -0.39 is 0 Å². The van der Waals surface area contributed by atoms with Crippen LogP contribution in [0.3, 0.4) is 0 Å². The van der Waals surface area contributed by atoms with Crippen LogP contribution >= 0.6 is 11.8 Å². The van der Waals surface area contributed by atoms with Gasteiger partial charge in [-0.05, 0) is 35.9 Å². The average molecular weight is 267 g/mol. The van der Waals surface area contributed by atoms with Crippen molar-refractivity contribution in [3.05, 3.63) is 35.8 Å². The summed E-state index contributed by atoms with van der Waals surface area (Å²) in [5.74, 6) is 3.04. The summed E-state index contributed by atoms with van der Waals surface area (Å²) in [6.45, 7) is 4.37. The third-order valence-corrected chi connectivity index (χ3v) is 4.11. The number of hydrogen-bond acceptors (Lipinski definition) is 3. The van der Waals surface area contributed by atoms with Crippen molar-refractivity contribution in [3.8, 4) is 0 Å². The molecule has 0 fully saturated rings. The molecule has 2 nitrogen and oxygen atoms in total. The van der Waals surface area contributed by atoms with Crippen molar-refractivity contribution in [3.63, 3.8) is 0 Å². The van der Waals surface area contributed by atoms with Crippen molar-refractivity contribution in [2.24, 2.45) is 11.7 Å². The Hall–Kier alpha value is -1.00. The van der Waals surface area contributed by atoms with Gasteiger partial charge in [-0.2, -0.15) is 11.8 Å². The number of benzene rings is 1. The van der Waals surface area contributed by atoms with Crippen molar-refractivity contribution in [2.75, 3.05) is 11.5 Å². The summed E-state index contributed by atoms with van der Waals surface area (Å²) in [7, 11) is 0. The van der Waals surface area contributed by atoms with Gasteiger partial charge in [0.05, 0.1) is 6.04 Å². The van der Waals surface area contributed by atoms with Gasteiger partial charge in [-0.25, -0.2) is 4.39 Å². The van der Waals surface area contributed by atoms with Crippen molar-refractivity contribution in [2.45, 2.75) is 19.9 Å². The Bertz CT molecular complexity index is 523. The van der Waals surface area contributed by atoms with E-state index in [1.165, 1.54) is 12.1 Å². The Balaban J connectivity index is 2.06. The maximum Gasteiger partial charge on any atom is 0.134 e. The quantitative estimate of drug-likeness (QED) is 0.891. The molecule has 2 N–H and O–H groups in total. The molecule has 0 saturated carbocycles. The minimum atomic E-state index is -0.252. The van der Waals surface area contributed by atoms with Crippen LogP contribution in [-0.2, 0) is 0 Å². The maximum atomic E-state index is 13.1. The average Bonchev–Trinajstić information content (AvgIpc) is 2.71. The molecule has 4 heteroatoms. The lowest BCUT2D eigenvalue weighted by Gasteiger charge is -2.09. The van der Waals surface area contributed by atoms with Gasteiger partial charge < -0.3 is 10.2 Å². The molecule has 1 aromatic heterocycles. The lowest BCUT2D eigenvalue weighted by molar-refractivity contribution is 0.515. The van der Waals surface area contributed by atoms with Gasteiger partial charge in [-0.3, -0.25) is 0 Å². The van der Waals surface area contributed by atoms with Gasteiger partial charge in [0, 0.05) is 11.1 Å². The van der Waals surface area contributed by atoms with Gasteiger partial charge in [0.25, 0.3) is 0 Å². The van der Waals surface area contributed by atoms with Crippen LogP contribution in [0.15, 0.2) is 28.7 Å². The zero-order valence-electron chi connectivity index (χ0n) is 10.7. The summed E-state index contributed by atoms with van der Waals surface area (Å²) >= 11 is 1.82. The Morgan fingerprint density at radius 3 is 2.78 bits per heavy atom. The Morgan fingerprint density at radius 2 is 2.06 bits per heavy atom. The SMILES string of the molecule is CC(C)CSCC(N)c1cc2cc(F)ccc2o1. The number of furan rings is 1. The summed E-state index contributed by atoms with van der Waals surface area (Å²) in [5, 5.41) is 0.773. The van der Waals surface area contributed by atoms with E-state index in [9.17, 15) is 4.39 Å². The van der Waals surface area contributed by atoms with E-state index in [0.29, 0.717) is 11.5 Å². The summed E-state index contributed by atoms with van der Waals surface area (Å²) in [4.78, 5) is 0. The molecule has 0 amide bonds. The van der Waals surface area contributed by atoms with E-state index in [2.05, 4.69) is 13.8 Å². The molecular weight excluding hydrogens is 249 g/mol. The molecule has 2 rings (SSSR count). The molecule has 0 aliphatic carbocycles. The second-order valence-electron chi connectivity index (χ2n) is 4.87. The first-order chi connectivity index (χ1) is 8.56. The van der Waals surface area contributed by atoms with E-state index in [1.807, 2.05) is 17.8 Å². The van der Waals surface area contributed by atoms with Gasteiger partial charge in [0.15, 0.2) is 0 Å². The molecule has 0 saturated heterocycles. The first-order valence-corrected chi connectivity index (χ1v) is 7.24. The Labute approximate surface area is 111 Å². The monoisotopic (exact) mass is 267 g/mol. The standard InChI is InChI=1S/C14H18FNOS/c1-9(2)7-18-8-12(16)14-6-10-5-11(15)3-4-13(10)17-14/h3-6,9,12H,7-8,16H2,1-2H3. The first-order valence-electron chi connectivity index (χ1n) is 6.08. The number of halogens is 1. The van der Waals surface area contributed by atoms with Gasteiger partial charge in [-0.1, -0.05) is 13.8 Å². The number of nitrogens with two attached hydrogens (primary N) is 1. The highest BCUT2D eigenvalue weighted by Crippen LogP contribution is 2.25. The second-order valence-corrected chi connectivity index (χ2v) is 5.94. The lowest BCUT2D eigenvalue weighted by Crippen LogP contribution is -2.12. The predicted octanol–water partition coefficient (Wildman–Crippen LogP) is 3.96. The molecule has 1 unspecified atom stereocenters. The van der Waals surface area contributed by atoms with E-state index >= 15 is 0 Å². The lowest BCUT2D eigenvalue weighted by atomic mass is 10.2. The third kappa shape index (κ3) is 3.27. The molecule has 98 valence electrons. The molecule has 1 heterocycles. The molecule has 0 bridgehead atoms. The van der Waals surface area contributed by atoms with Crippen molar-refractivity contribution >= 4 is 22.7 Å². The molecule has 2 aromatic rings.